The van der Waals surface area contributed by atoms with Crippen LogP contribution in [0.2, 0.25) is 0 Å². The molecular formula is C19H20N6O3. The van der Waals surface area contributed by atoms with Gasteiger partial charge in [-0.1, -0.05) is 5.16 Å². The molecule has 0 saturated carbocycles. The molecule has 2 aromatic rings. The molecule has 1 atom stereocenters. The Bertz CT molecular complexity index is 915. The third kappa shape index (κ3) is 3.68. The summed E-state index contributed by atoms with van der Waals surface area (Å²) in [7, 11) is 0. The van der Waals surface area contributed by atoms with Crippen LogP contribution in [0, 0.1) is 6.92 Å². The molecule has 1 saturated heterocycles. The van der Waals surface area contributed by atoms with Crippen molar-refractivity contribution in [1.29, 1.82) is 0 Å². The fraction of sp³-hybridized carbons (Fsp3) is 0.368. The normalized spacial score (nSPS) is 20.8. The number of oxime groups is 1. The van der Waals surface area contributed by atoms with Gasteiger partial charge in [-0.05, 0) is 19.1 Å². The van der Waals surface area contributed by atoms with E-state index in [0.717, 1.165) is 5.69 Å². The van der Waals surface area contributed by atoms with Gasteiger partial charge in [0.2, 0.25) is 0 Å². The number of rotatable bonds is 4. The highest BCUT2D eigenvalue weighted by Crippen LogP contribution is 2.34. The number of aromatic nitrogens is 3. The smallest absolute Gasteiger partial charge is 0.269 e. The molecule has 0 bridgehead atoms. The van der Waals surface area contributed by atoms with E-state index in [-0.39, 0.29) is 18.4 Å². The zero-order valence-electron chi connectivity index (χ0n) is 15.5. The first-order valence-electron chi connectivity index (χ1n) is 9.05. The Labute approximate surface area is 161 Å². The van der Waals surface area contributed by atoms with Crippen molar-refractivity contribution < 1.29 is 14.4 Å². The van der Waals surface area contributed by atoms with Crippen LogP contribution in [0.1, 0.15) is 34.6 Å². The number of aryl methyl sites for hydroxylation is 1. The summed E-state index contributed by atoms with van der Waals surface area (Å²) in [6, 6.07) is 3.37. The number of pyridine rings is 1. The van der Waals surface area contributed by atoms with Crippen molar-refractivity contribution in [2.24, 2.45) is 5.16 Å². The van der Waals surface area contributed by atoms with Gasteiger partial charge in [0, 0.05) is 43.5 Å². The summed E-state index contributed by atoms with van der Waals surface area (Å²) in [5, 5.41) is 6.77. The summed E-state index contributed by atoms with van der Waals surface area (Å²) < 4.78 is 0. The highest BCUT2D eigenvalue weighted by Gasteiger charge is 2.48. The molecule has 2 aromatic heterocycles. The van der Waals surface area contributed by atoms with Crippen LogP contribution in [0.5, 0.6) is 0 Å². The molecule has 9 nitrogen and oxygen atoms in total. The first kappa shape index (κ1) is 18.0. The number of hydrogen-bond acceptors (Lipinski definition) is 7. The van der Waals surface area contributed by atoms with E-state index in [0.29, 0.717) is 42.9 Å². The fourth-order valence-electron chi connectivity index (χ4n) is 3.34. The predicted molar refractivity (Wildman–Crippen MR) is 99.2 cm³/mol. The molecule has 1 unspecified atom stereocenters. The molecule has 1 spiro atoms. The molecule has 2 aliphatic heterocycles. The van der Waals surface area contributed by atoms with Gasteiger partial charge < -0.3 is 15.1 Å². The van der Waals surface area contributed by atoms with E-state index in [4.69, 9.17) is 4.84 Å². The maximum Gasteiger partial charge on any atom is 0.269 e. The Morgan fingerprint density at radius 2 is 2.07 bits per heavy atom. The lowest BCUT2D eigenvalue weighted by Crippen LogP contribution is -2.38. The van der Waals surface area contributed by atoms with Crippen molar-refractivity contribution in [2.45, 2.75) is 31.9 Å². The Hall–Kier alpha value is -3.36. The third-order valence-electron chi connectivity index (χ3n) is 4.90. The van der Waals surface area contributed by atoms with Crippen LogP contribution in [0.15, 0.2) is 42.1 Å². The summed E-state index contributed by atoms with van der Waals surface area (Å²) in [5.41, 5.74) is 1.78. The van der Waals surface area contributed by atoms with Gasteiger partial charge in [0.05, 0.1) is 30.7 Å². The Kier molecular flexibility index (Phi) is 4.72. The Balaban J connectivity index is 1.32. The number of nitrogens with one attached hydrogen (secondary N) is 1. The lowest BCUT2D eigenvalue weighted by atomic mass is 9.96. The topological polar surface area (TPSA) is 110 Å². The molecule has 0 aromatic carbocycles. The second-order valence-electron chi connectivity index (χ2n) is 7.03. The van der Waals surface area contributed by atoms with E-state index in [9.17, 15) is 9.59 Å². The van der Waals surface area contributed by atoms with Gasteiger partial charge >= 0.3 is 0 Å². The lowest BCUT2D eigenvalue weighted by molar-refractivity contribution is -0.115. The summed E-state index contributed by atoms with van der Waals surface area (Å²) in [6.07, 6.45) is 7.47. The quantitative estimate of drug-likeness (QED) is 0.842. The number of carbonyl (C=O) groups excluding carboxylic acids is 2. The maximum atomic E-state index is 12.6. The van der Waals surface area contributed by atoms with Crippen LogP contribution in [0.4, 0.5) is 0 Å². The highest BCUT2D eigenvalue weighted by atomic mass is 16.7. The van der Waals surface area contributed by atoms with Crippen LogP contribution in [0.3, 0.4) is 0 Å². The second kappa shape index (κ2) is 7.34. The molecule has 0 radical (unpaired) electrons. The van der Waals surface area contributed by atoms with Crippen LogP contribution in [0.25, 0.3) is 0 Å². The largest absolute Gasteiger partial charge is 0.386 e. The minimum absolute atomic E-state index is 0.0706. The minimum Gasteiger partial charge on any atom is -0.386 e. The third-order valence-corrected chi connectivity index (χ3v) is 4.90. The standard InChI is InChI=1S/C19H20N6O3/c1-13-9-22-15(10-21-13)11-23-17(26)16-8-19(28-24-16)4-7-25(12-19)18(27)14-2-5-20-6-3-14/h2-3,5-6,9-10H,4,7-8,11-12H2,1H3,(H,23,26). The maximum absolute atomic E-state index is 12.6. The average molecular weight is 380 g/mol. The van der Waals surface area contributed by atoms with Gasteiger partial charge in [-0.2, -0.15) is 0 Å². The summed E-state index contributed by atoms with van der Waals surface area (Å²) in [5.74, 6) is -0.364. The van der Waals surface area contributed by atoms with Crippen molar-refractivity contribution in [2.75, 3.05) is 13.1 Å². The summed E-state index contributed by atoms with van der Waals surface area (Å²) in [4.78, 5) is 44.6. The van der Waals surface area contributed by atoms with Gasteiger partial charge in [0.1, 0.15) is 5.71 Å². The van der Waals surface area contributed by atoms with Crippen molar-refractivity contribution >= 4 is 17.5 Å². The molecule has 144 valence electrons. The molecule has 9 heteroatoms. The van der Waals surface area contributed by atoms with Gasteiger partial charge in [0.15, 0.2) is 5.60 Å². The number of carbonyl (C=O) groups is 2. The minimum atomic E-state index is -0.626. The van der Waals surface area contributed by atoms with Crippen LogP contribution >= 0.6 is 0 Å². The first-order chi connectivity index (χ1) is 13.5. The molecule has 28 heavy (non-hydrogen) atoms. The lowest BCUT2D eigenvalue weighted by Gasteiger charge is -2.21. The van der Waals surface area contributed by atoms with Crippen molar-refractivity contribution in [3.05, 3.63) is 53.9 Å². The Morgan fingerprint density at radius 3 is 2.82 bits per heavy atom. The first-order valence-corrected chi connectivity index (χ1v) is 9.05. The molecule has 0 aliphatic carbocycles. The molecule has 2 aliphatic rings. The fourth-order valence-corrected chi connectivity index (χ4v) is 3.34. The van der Waals surface area contributed by atoms with Crippen LogP contribution in [-0.2, 0) is 16.2 Å². The van der Waals surface area contributed by atoms with E-state index in [1.165, 1.54) is 0 Å². The van der Waals surface area contributed by atoms with E-state index in [2.05, 4.69) is 25.4 Å². The monoisotopic (exact) mass is 380 g/mol. The van der Waals surface area contributed by atoms with E-state index in [1.54, 1.807) is 41.8 Å². The number of amides is 2. The van der Waals surface area contributed by atoms with Crippen molar-refractivity contribution in [1.82, 2.24) is 25.2 Å². The SMILES string of the molecule is Cc1cnc(CNC(=O)C2=NOC3(CCN(C(=O)c4ccncc4)C3)C2)cn1. The average Bonchev–Trinajstić information content (AvgIpc) is 3.34. The molecule has 1 fully saturated rings. The molecule has 2 amide bonds. The van der Waals surface area contributed by atoms with Gasteiger partial charge in [-0.15, -0.1) is 0 Å². The highest BCUT2D eigenvalue weighted by molar-refractivity contribution is 6.39. The molecule has 4 rings (SSSR count). The van der Waals surface area contributed by atoms with Gasteiger partial charge in [-0.25, -0.2) is 0 Å². The summed E-state index contributed by atoms with van der Waals surface area (Å²) in [6.45, 7) is 3.08. The molecule has 4 heterocycles. The number of nitrogens with zero attached hydrogens (tertiary/aromatic N) is 5. The zero-order chi connectivity index (χ0) is 19.6. The van der Waals surface area contributed by atoms with E-state index < -0.39 is 5.60 Å². The molecule has 1 N–H and O–H groups in total. The molecular weight excluding hydrogens is 360 g/mol. The van der Waals surface area contributed by atoms with Gasteiger partial charge in [0.25, 0.3) is 11.8 Å². The van der Waals surface area contributed by atoms with Crippen LogP contribution < -0.4 is 5.32 Å². The van der Waals surface area contributed by atoms with E-state index >= 15 is 0 Å². The van der Waals surface area contributed by atoms with Crippen molar-refractivity contribution in [3.8, 4) is 0 Å². The van der Waals surface area contributed by atoms with Crippen LogP contribution in [-0.4, -0.2) is 56.1 Å². The van der Waals surface area contributed by atoms with E-state index in [1.807, 2.05) is 6.92 Å². The predicted octanol–water partition coefficient (Wildman–Crippen LogP) is 0.857. The van der Waals surface area contributed by atoms with Gasteiger partial charge in [-0.3, -0.25) is 24.5 Å². The zero-order valence-corrected chi connectivity index (χ0v) is 15.5. The number of hydrogen-bond donors (Lipinski definition) is 1. The Morgan fingerprint density at radius 1 is 1.25 bits per heavy atom. The van der Waals surface area contributed by atoms with Crippen molar-refractivity contribution in [3.63, 3.8) is 0 Å². The summed E-state index contributed by atoms with van der Waals surface area (Å²) >= 11 is 0. The second-order valence-corrected chi connectivity index (χ2v) is 7.03. The number of likely N-dealkylation sites (tertiary alicyclic amines) is 1.